The fourth-order valence-electron chi connectivity index (χ4n) is 11.1. The van der Waals surface area contributed by atoms with E-state index in [4.69, 9.17) is 15.0 Å². The minimum Gasteiger partial charge on any atom is -0.481 e. The molecule has 0 radical (unpaired) electrons. The first kappa shape index (κ1) is 71.9. The Morgan fingerprint density at radius 1 is 0.392 bits per heavy atom. The zero-order valence-electron chi connectivity index (χ0n) is 56.9. The van der Waals surface area contributed by atoms with Crippen LogP contribution in [0.5, 0.6) is 0 Å². The molecule has 0 aliphatic carbocycles. The average molecular weight is 1390 g/mol. The van der Waals surface area contributed by atoms with Crippen molar-refractivity contribution in [2.45, 2.75) is 58.5 Å². The molecular formula is C75H72F3N15O9. The predicted octanol–water partition coefficient (Wildman–Crippen LogP) is 11.4. The quantitative estimate of drug-likeness (QED) is 0.0364. The monoisotopic (exact) mass is 1390 g/mol. The molecule has 0 unspecified atom stereocenters. The largest absolute Gasteiger partial charge is 0.481 e. The number of hydrogen-bond donors (Lipinski definition) is 6. The molecule has 6 aromatic heterocycles. The van der Waals surface area contributed by atoms with Crippen molar-refractivity contribution in [3.63, 3.8) is 0 Å². The van der Waals surface area contributed by atoms with E-state index in [-0.39, 0.29) is 36.6 Å². The fraction of sp³-hybridized carbons (Fsp3) is 0.200. The number of nitrogens with zero attached hydrogens (tertiary/aromatic N) is 12. The van der Waals surface area contributed by atoms with Crippen molar-refractivity contribution in [1.29, 1.82) is 0 Å². The number of halogens is 3. The lowest BCUT2D eigenvalue weighted by atomic mass is 10.1. The SMILES string of the molecule is CN(C)c1nc(Cc2ccc(N[13C](=O)c3ccc(C(F)(F)F)cc3)cc2)n2ccnc2c1CC(=O)O.Cc1ccc(C(=O)Nc2ccc(Cc3nc(N(C)[13CH3])c(CC(=O)O)c4nccn34)cc2)cc1.Cc1ccc([13C](=O)Nc2ccc(Cc3nc(N([13CH3])[13CH3])c(CC(=O)O)c4nccn34)cc2)cc1. The van der Waals surface area contributed by atoms with Crippen LogP contribution in [0, 0.1) is 13.8 Å². The van der Waals surface area contributed by atoms with Crippen molar-refractivity contribution in [3.05, 3.63) is 267 Å². The highest BCUT2D eigenvalue weighted by atomic mass is 19.4. The predicted molar refractivity (Wildman–Crippen MR) is 381 cm³/mol. The Morgan fingerprint density at radius 3 is 0.882 bits per heavy atom. The Bertz CT molecular complexity index is 4830. The van der Waals surface area contributed by atoms with Gasteiger partial charge in [0.25, 0.3) is 17.7 Å². The van der Waals surface area contributed by atoms with Crippen LogP contribution in [-0.4, -0.2) is 136 Å². The Balaban J connectivity index is 0.000000165. The van der Waals surface area contributed by atoms with Gasteiger partial charge in [-0.15, -0.1) is 0 Å². The summed E-state index contributed by atoms with van der Waals surface area (Å²) in [4.78, 5) is 104. The summed E-state index contributed by atoms with van der Waals surface area (Å²) in [5.74, 6) is 0.169. The zero-order valence-corrected chi connectivity index (χ0v) is 56.9. The van der Waals surface area contributed by atoms with Gasteiger partial charge in [-0.05, 0) is 115 Å². The highest BCUT2D eigenvalue weighted by Gasteiger charge is 2.30. The first-order chi connectivity index (χ1) is 48.6. The van der Waals surface area contributed by atoms with Crippen LogP contribution in [0.2, 0.25) is 0 Å². The second-order valence-corrected chi connectivity index (χ2v) is 24.5. The molecule has 6 heterocycles. The molecule has 0 fully saturated rings. The van der Waals surface area contributed by atoms with Crippen molar-refractivity contribution >= 4 is 87.1 Å². The fourth-order valence-corrected chi connectivity index (χ4v) is 11.1. The van der Waals surface area contributed by atoms with Crippen molar-refractivity contribution in [1.82, 2.24) is 43.1 Å². The van der Waals surface area contributed by atoms with Gasteiger partial charge in [0.2, 0.25) is 0 Å². The second kappa shape index (κ2) is 31.4. The van der Waals surface area contributed by atoms with E-state index in [2.05, 4.69) is 30.9 Å². The van der Waals surface area contributed by atoms with Crippen molar-refractivity contribution in [2.24, 2.45) is 0 Å². The Kier molecular flexibility index (Phi) is 22.1. The van der Waals surface area contributed by atoms with Gasteiger partial charge >= 0.3 is 24.1 Å². The molecule has 0 spiro atoms. The first-order valence-electron chi connectivity index (χ1n) is 31.9. The molecule has 0 saturated carbocycles. The first-order valence-corrected chi connectivity index (χ1v) is 31.9. The number of carboxylic acids is 3. The van der Waals surface area contributed by atoms with Gasteiger partial charge in [0.05, 0.1) is 24.8 Å². The van der Waals surface area contributed by atoms with Crippen molar-refractivity contribution < 1.29 is 57.3 Å². The number of imidazole rings is 3. The van der Waals surface area contributed by atoms with Gasteiger partial charge in [0, 0.05) is 149 Å². The standard InChI is InChI=1S/C25H22F3N5O3.2C25H25N5O3/c1-32(2)23-19(14-21(34)35)22-29-11-12-33(22)20(31-23)13-15-3-9-18(10-4-15)30-24(36)16-5-7-17(8-6-16)25(26,27)28;2*1-16-4-8-18(9-5-16)25(33)27-19-10-6-17(7-11-19)14-21-28-24(29(2)3)20(15-22(31)32)23-26-12-13-30(21)23/h3-12H,13-14H2,1-2H3,(H,30,36)(H,34,35);2*4-13H,14-15H2,1-3H3,(H,27,33)(H,31,32)/i24+1;2+1,3+1,25+1;2+1. The number of aryl methyl sites for hydroxylation is 2. The third-order valence-electron chi connectivity index (χ3n) is 16.2. The summed E-state index contributed by atoms with van der Waals surface area (Å²) >= 11 is 0. The summed E-state index contributed by atoms with van der Waals surface area (Å²) in [6, 6.07) is 41.0. The Hall–Kier alpha value is -12.8. The number of amides is 3. The smallest absolute Gasteiger partial charge is 0.416 e. The molecule has 102 heavy (non-hydrogen) atoms. The molecule has 0 saturated heterocycles. The van der Waals surface area contributed by atoms with E-state index in [1.165, 1.54) is 0 Å². The maximum atomic E-state index is 12.7. The van der Waals surface area contributed by atoms with Gasteiger partial charge in [-0.1, -0.05) is 71.8 Å². The molecule has 3 amide bonds. The highest BCUT2D eigenvalue weighted by Crippen LogP contribution is 2.31. The van der Waals surface area contributed by atoms with Crippen LogP contribution >= 0.6 is 0 Å². The van der Waals surface area contributed by atoms with E-state index in [0.717, 1.165) is 63.7 Å². The number of alkyl halides is 3. The molecule has 0 aliphatic rings. The molecule has 6 N–H and O–H groups in total. The number of rotatable bonds is 21. The molecule has 0 bridgehead atoms. The minimum absolute atomic E-state index is 0.108. The van der Waals surface area contributed by atoms with Crippen molar-refractivity contribution in [2.75, 3.05) is 72.9 Å². The normalized spacial score (nSPS) is 11.1. The van der Waals surface area contributed by atoms with Gasteiger partial charge in [-0.25, -0.2) is 29.9 Å². The van der Waals surface area contributed by atoms with E-state index in [0.29, 0.717) is 104 Å². The van der Waals surface area contributed by atoms with Crippen LogP contribution < -0.4 is 30.7 Å². The lowest BCUT2D eigenvalue weighted by molar-refractivity contribution is -0.138. The maximum absolute atomic E-state index is 12.7. The molecule has 6 aromatic carbocycles. The number of aliphatic carboxylic acids is 3. The lowest BCUT2D eigenvalue weighted by Crippen LogP contribution is -2.19. The van der Waals surface area contributed by atoms with Crippen LogP contribution in [0.3, 0.4) is 0 Å². The summed E-state index contributed by atoms with van der Waals surface area (Å²) in [5.41, 5.74) is 10.8. The van der Waals surface area contributed by atoms with E-state index in [1.54, 1.807) is 119 Å². The van der Waals surface area contributed by atoms with E-state index < -0.39 is 35.6 Å². The van der Waals surface area contributed by atoms with Gasteiger partial charge in [-0.2, -0.15) is 13.2 Å². The van der Waals surface area contributed by atoms with Crippen molar-refractivity contribution in [3.8, 4) is 0 Å². The van der Waals surface area contributed by atoms with Crippen LogP contribution in [0.25, 0.3) is 16.9 Å². The molecule has 522 valence electrons. The number of carbonyl (C=O) groups is 6. The third-order valence-corrected chi connectivity index (χ3v) is 16.2. The highest BCUT2D eigenvalue weighted by molar-refractivity contribution is 6.05. The number of anilines is 6. The number of nitrogens with one attached hydrogen (secondary N) is 3. The minimum atomic E-state index is -4.47. The Labute approximate surface area is 583 Å². The third kappa shape index (κ3) is 17.7. The molecular weight excluding hydrogens is 1320 g/mol. The van der Waals surface area contributed by atoms with E-state index >= 15 is 0 Å². The van der Waals surface area contributed by atoms with Crippen LogP contribution in [0.4, 0.5) is 47.7 Å². The molecule has 12 aromatic rings. The molecule has 12 rings (SSSR count). The second-order valence-electron chi connectivity index (χ2n) is 24.5. The molecule has 0 aliphatic heterocycles. The molecule has 24 nitrogen and oxygen atoms in total. The number of aromatic nitrogens is 9. The zero-order chi connectivity index (χ0) is 73.1. The maximum Gasteiger partial charge on any atom is 0.416 e. The molecule has 27 heteroatoms. The number of fused-ring (bicyclic) bond motifs is 3. The number of carbonyl (C=O) groups excluding carboxylic acids is 3. The van der Waals surface area contributed by atoms with Gasteiger partial charge in [0.15, 0.2) is 0 Å². The summed E-state index contributed by atoms with van der Waals surface area (Å²) < 4.78 is 43.6. The van der Waals surface area contributed by atoms with E-state index in [9.17, 15) is 57.3 Å². The summed E-state index contributed by atoms with van der Waals surface area (Å²) in [5, 5.41) is 36.5. The summed E-state index contributed by atoms with van der Waals surface area (Å²) in [6.07, 6.45) is 6.65. The van der Waals surface area contributed by atoms with Crippen LogP contribution in [0.1, 0.15) is 98.6 Å². The number of benzene rings is 6. The summed E-state index contributed by atoms with van der Waals surface area (Å²) in [6.45, 7) is 3.96. The van der Waals surface area contributed by atoms with Gasteiger partial charge in [-0.3, -0.25) is 42.0 Å². The Morgan fingerprint density at radius 2 is 0.647 bits per heavy atom. The summed E-state index contributed by atoms with van der Waals surface area (Å²) in [7, 11) is 10.9. The van der Waals surface area contributed by atoms with Crippen LogP contribution in [0.15, 0.2) is 183 Å². The molecule has 0 atom stereocenters. The number of hydrogen-bond acceptors (Lipinski definition) is 15. The topological polar surface area (TPSA) is 299 Å². The average Bonchev–Trinajstić information content (AvgIpc) is 1.51. The van der Waals surface area contributed by atoms with Gasteiger partial charge < -0.3 is 46.0 Å². The number of carboxylic acid groups (broad SMARTS) is 3. The lowest BCUT2D eigenvalue weighted by Gasteiger charge is -2.18. The van der Waals surface area contributed by atoms with Gasteiger partial charge in [0.1, 0.15) is 51.9 Å². The van der Waals surface area contributed by atoms with Crippen LogP contribution in [-0.2, 0) is 59.1 Å². The van der Waals surface area contributed by atoms with E-state index in [1.807, 2.05) is 124 Å².